The van der Waals surface area contributed by atoms with Crippen molar-refractivity contribution in [2.24, 2.45) is 5.84 Å². The van der Waals surface area contributed by atoms with Crippen LogP contribution in [0.1, 0.15) is 38.9 Å². The fraction of sp³-hybridized carbons (Fsp3) is 0.750. The van der Waals surface area contributed by atoms with Crippen LogP contribution in [0, 0.1) is 0 Å². The summed E-state index contributed by atoms with van der Waals surface area (Å²) in [7, 11) is 1.67. The fourth-order valence-corrected chi connectivity index (χ4v) is 2.60. The van der Waals surface area contributed by atoms with Gasteiger partial charge in [-0.25, -0.2) is 0 Å². The molecule has 0 aromatic carbocycles. The minimum Gasteiger partial charge on any atom is -0.493 e. The van der Waals surface area contributed by atoms with Crippen LogP contribution in [0.5, 0.6) is 5.75 Å². The standard InChI is InChI=1S/C12H24N4OS/c1-5-6-16-12(11(17-4)7-14-16)10(15-13)8-18-9(2)3/h7,9-10,15H,5-6,8,13H2,1-4H3. The van der Waals surface area contributed by atoms with Crippen molar-refractivity contribution in [3.63, 3.8) is 0 Å². The molecule has 1 rings (SSSR count). The third-order valence-corrected chi connectivity index (χ3v) is 3.82. The van der Waals surface area contributed by atoms with Crippen LogP contribution < -0.4 is 16.0 Å². The summed E-state index contributed by atoms with van der Waals surface area (Å²) in [6.07, 6.45) is 2.79. The second kappa shape index (κ2) is 7.66. The molecule has 1 aromatic rings. The van der Waals surface area contributed by atoms with Gasteiger partial charge in [-0.3, -0.25) is 16.0 Å². The summed E-state index contributed by atoms with van der Waals surface area (Å²) in [5, 5.41) is 4.94. The number of hydrogen-bond acceptors (Lipinski definition) is 5. The van der Waals surface area contributed by atoms with E-state index in [2.05, 4.69) is 31.3 Å². The maximum Gasteiger partial charge on any atom is 0.161 e. The third kappa shape index (κ3) is 3.90. The smallest absolute Gasteiger partial charge is 0.161 e. The zero-order valence-corrected chi connectivity index (χ0v) is 12.5. The van der Waals surface area contributed by atoms with Crippen molar-refractivity contribution >= 4 is 11.8 Å². The molecule has 0 aliphatic rings. The van der Waals surface area contributed by atoms with E-state index in [9.17, 15) is 0 Å². The van der Waals surface area contributed by atoms with E-state index in [-0.39, 0.29) is 6.04 Å². The summed E-state index contributed by atoms with van der Waals surface area (Å²) >= 11 is 1.87. The van der Waals surface area contributed by atoms with Gasteiger partial charge in [0.05, 0.1) is 25.0 Å². The molecule has 0 bridgehead atoms. The summed E-state index contributed by atoms with van der Waals surface area (Å²) in [5.74, 6) is 7.38. The normalized spacial score (nSPS) is 13.0. The summed E-state index contributed by atoms with van der Waals surface area (Å²) < 4.78 is 7.35. The zero-order valence-electron chi connectivity index (χ0n) is 11.6. The lowest BCUT2D eigenvalue weighted by molar-refractivity contribution is 0.396. The Labute approximate surface area is 113 Å². The second-order valence-electron chi connectivity index (χ2n) is 4.42. The van der Waals surface area contributed by atoms with E-state index in [1.165, 1.54) is 0 Å². The monoisotopic (exact) mass is 272 g/mol. The van der Waals surface area contributed by atoms with Crippen molar-refractivity contribution in [3.05, 3.63) is 11.9 Å². The number of rotatable bonds is 8. The van der Waals surface area contributed by atoms with E-state index >= 15 is 0 Å². The van der Waals surface area contributed by atoms with Crippen molar-refractivity contribution in [1.82, 2.24) is 15.2 Å². The summed E-state index contributed by atoms with van der Waals surface area (Å²) in [6.45, 7) is 7.37. The van der Waals surface area contributed by atoms with E-state index < -0.39 is 0 Å². The number of aromatic nitrogens is 2. The van der Waals surface area contributed by atoms with Gasteiger partial charge in [0, 0.05) is 12.3 Å². The Hall–Kier alpha value is -0.720. The number of hydrazine groups is 1. The summed E-state index contributed by atoms with van der Waals surface area (Å²) in [4.78, 5) is 0. The number of nitrogens with zero attached hydrogens (tertiary/aromatic N) is 2. The van der Waals surface area contributed by atoms with E-state index in [0.29, 0.717) is 5.25 Å². The van der Waals surface area contributed by atoms with Crippen LogP contribution in [0.4, 0.5) is 0 Å². The highest BCUT2D eigenvalue weighted by Gasteiger charge is 2.21. The van der Waals surface area contributed by atoms with Gasteiger partial charge in [-0.05, 0) is 11.7 Å². The number of hydrogen-bond donors (Lipinski definition) is 2. The molecule has 104 valence electrons. The minimum absolute atomic E-state index is 0.0569. The van der Waals surface area contributed by atoms with Gasteiger partial charge in [0.1, 0.15) is 0 Å². The Morgan fingerprint density at radius 1 is 1.56 bits per heavy atom. The summed E-state index contributed by atoms with van der Waals surface area (Å²) in [6, 6.07) is 0.0569. The lowest BCUT2D eigenvalue weighted by Gasteiger charge is -2.19. The molecule has 18 heavy (non-hydrogen) atoms. The third-order valence-electron chi connectivity index (χ3n) is 2.63. The molecule has 0 fully saturated rings. The minimum atomic E-state index is 0.0569. The molecule has 1 aromatic heterocycles. The Morgan fingerprint density at radius 3 is 2.78 bits per heavy atom. The molecule has 1 atom stereocenters. The number of nitrogens with two attached hydrogens (primary N) is 1. The number of methoxy groups -OCH3 is 1. The molecule has 0 spiro atoms. The van der Waals surface area contributed by atoms with Gasteiger partial charge < -0.3 is 4.74 Å². The van der Waals surface area contributed by atoms with Crippen LogP contribution in [0.3, 0.4) is 0 Å². The highest BCUT2D eigenvalue weighted by Crippen LogP contribution is 2.28. The van der Waals surface area contributed by atoms with Gasteiger partial charge in [0.2, 0.25) is 0 Å². The lowest BCUT2D eigenvalue weighted by atomic mass is 10.2. The van der Waals surface area contributed by atoms with Crippen molar-refractivity contribution in [3.8, 4) is 5.75 Å². The number of ether oxygens (including phenoxy) is 1. The zero-order chi connectivity index (χ0) is 13.5. The first-order valence-electron chi connectivity index (χ1n) is 6.31. The van der Waals surface area contributed by atoms with Gasteiger partial charge in [0.15, 0.2) is 5.75 Å². The molecule has 0 radical (unpaired) electrons. The van der Waals surface area contributed by atoms with Crippen LogP contribution in [0.25, 0.3) is 0 Å². The fourth-order valence-electron chi connectivity index (χ4n) is 1.77. The van der Waals surface area contributed by atoms with Crippen LogP contribution in [-0.2, 0) is 6.54 Å². The number of thioether (sulfide) groups is 1. The summed E-state index contributed by atoms with van der Waals surface area (Å²) in [5.41, 5.74) is 3.91. The van der Waals surface area contributed by atoms with Crippen LogP contribution in [0.15, 0.2) is 6.20 Å². The van der Waals surface area contributed by atoms with Gasteiger partial charge in [-0.15, -0.1) is 0 Å². The van der Waals surface area contributed by atoms with Gasteiger partial charge in [-0.1, -0.05) is 20.8 Å². The first-order valence-corrected chi connectivity index (χ1v) is 7.36. The van der Waals surface area contributed by atoms with E-state index in [1.807, 2.05) is 16.4 Å². The lowest BCUT2D eigenvalue weighted by Crippen LogP contribution is -2.32. The van der Waals surface area contributed by atoms with E-state index in [4.69, 9.17) is 10.6 Å². The van der Waals surface area contributed by atoms with Crippen molar-refractivity contribution in [1.29, 1.82) is 0 Å². The molecule has 1 unspecified atom stereocenters. The Morgan fingerprint density at radius 2 is 2.28 bits per heavy atom. The molecule has 0 aliphatic heterocycles. The molecule has 0 saturated carbocycles. The number of nitrogens with one attached hydrogen (secondary N) is 1. The van der Waals surface area contributed by atoms with Crippen LogP contribution >= 0.6 is 11.8 Å². The first-order chi connectivity index (χ1) is 8.63. The van der Waals surface area contributed by atoms with Crippen molar-refractivity contribution in [2.45, 2.75) is 45.0 Å². The second-order valence-corrected chi connectivity index (χ2v) is 6.03. The highest BCUT2D eigenvalue weighted by molar-refractivity contribution is 7.99. The Balaban J connectivity index is 2.90. The van der Waals surface area contributed by atoms with Crippen molar-refractivity contribution in [2.75, 3.05) is 12.9 Å². The molecule has 3 N–H and O–H groups in total. The molecule has 0 aliphatic carbocycles. The Kier molecular flexibility index (Phi) is 6.52. The topological polar surface area (TPSA) is 65.1 Å². The van der Waals surface area contributed by atoms with Gasteiger partial charge in [-0.2, -0.15) is 16.9 Å². The first kappa shape index (κ1) is 15.3. The quantitative estimate of drug-likeness (QED) is 0.559. The molecule has 0 saturated heterocycles. The van der Waals surface area contributed by atoms with E-state index in [1.54, 1.807) is 13.3 Å². The molecule has 0 amide bonds. The largest absolute Gasteiger partial charge is 0.493 e. The average molecular weight is 272 g/mol. The van der Waals surface area contributed by atoms with Crippen LogP contribution in [-0.4, -0.2) is 27.9 Å². The maximum atomic E-state index is 5.68. The van der Waals surface area contributed by atoms with Crippen LogP contribution in [0.2, 0.25) is 0 Å². The molecule has 6 heteroatoms. The molecule has 1 heterocycles. The van der Waals surface area contributed by atoms with Crippen molar-refractivity contribution < 1.29 is 4.74 Å². The highest BCUT2D eigenvalue weighted by atomic mass is 32.2. The molecular weight excluding hydrogens is 248 g/mol. The Bertz CT molecular complexity index is 354. The number of aryl methyl sites for hydroxylation is 1. The maximum absolute atomic E-state index is 5.68. The van der Waals surface area contributed by atoms with Gasteiger partial charge in [0.25, 0.3) is 0 Å². The van der Waals surface area contributed by atoms with Gasteiger partial charge >= 0.3 is 0 Å². The molecular formula is C12H24N4OS. The predicted octanol–water partition coefficient (Wildman–Crippen LogP) is 1.95. The SMILES string of the molecule is CCCn1ncc(OC)c1C(CSC(C)C)NN. The van der Waals surface area contributed by atoms with E-state index in [0.717, 1.165) is 30.2 Å². The predicted molar refractivity (Wildman–Crippen MR) is 76.7 cm³/mol. The average Bonchev–Trinajstić information content (AvgIpc) is 2.74. The molecule has 5 nitrogen and oxygen atoms in total.